The van der Waals surface area contributed by atoms with Gasteiger partial charge in [0.15, 0.2) is 0 Å². The first-order valence-corrected chi connectivity index (χ1v) is 6.73. The smallest absolute Gasteiger partial charge is 0.223 e. The van der Waals surface area contributed by atoms with Gasteiger partial charge in [-0.05, 0) is 43.6 Å². The van der Waals surface area contributed by atoms with Crippen LogP contribution in [0.1, 0.15) is 18.4 Å². The molecule has 0 spiro atoms. The molecule has 3 rings (SSSR count). The summed E-state index contributed by atoms with van der Waals surface area (Å²) in [5.74, 6) is 0.334. The standard InChI is InChI=1S/C14H18N4O/c19-14(12-1-4-15-5-2-12)17-10-11-3-7-18-8-6-16-13(18)9-11/h3,6-9,12,15H,1-2,4-5,10H2,(H,17,19). The minimum absolute atomic E-state index is 0.163. The normalized spacial score (nSPS) is 16.6. The van der Waals surface area contributed by atoms with Crippen molar-refractivity contribution in [1.82, 2.24) is 20.0 Å². The first kappa shape index (κ1) is 12.2. The van der Waals surface area contributed by atoms with Crippen LogP contribution in [0.2, 0.25) is 0 Å². The van der Waals surface area contributed by atoms with Crippen molar-refractivity contribution >= 4 is 11.6 Å². The number of nitrogens with one attached hydrogen (secondary N) is 2. The molecule has 0 unspecified atom stereocenters. The van der Waals surface area contributed by atoms with Crippen molar-refractivity contribution in [3.8, 4) is 0 Å². The fourth-order valence-electron chi connectivity index (χ4n) is 2.48. The molecule has 1 aliphatic heterocycles. The maximum absolute atomic E-state index is 12.0. The van der Waals surface area contributed by atoms with Crippen LogP contribution in [-0.2, 0) is 11.3 Å². The maximum Gasteiger partial charge on any atom is 0.223 e. The van der Waals surface area contributed by atoms with Gasteiger partial charge in [0.1, 0.15) is 5.65 Å². The lowest BCUT2D eigenvalue weighted by Gasteiger charge is -2.21. The summed E-state index contributed by atoms with van der Waals surface area (Å²) in [5.41, 5.74) is 1.99. The molecular weight excluding hydrogens is 240 g/mol. The molecule has 0 saturated carbocycles. The van der Waals surface area contributed by atoms with Gasteiger partial charge in [0.2, 0.25) is 5.91 Å². The molecule has 19 heavy (non-hydrogen) atoms. The molecule has 5 nitrogen and oxygen atoms in total. The van der Waals surface area contributed by atoms with Crippen LogP contribution < -0.4 is 10.6 Å². The molecule has 2 aromatic heterocycles. The third-order valence-corrected chi connectivity index (χ3v) is 3.64. The predicted octanol–water partition coefficient (Wildman–Crippen LogP) is 0.950. The number of rotatable bonds is 3. The highest BCUT2D eigenvalue weighted by molar-refractivity contribution is 5.78. The van der Waals surface area contributed by atoms with Gasteiger partial charge in [-0.2, -0.15) is 0 Å². The van der Waals surface area contributed by atoms with Gasteiger partial charge in [0, 0.05) is 31.1 Å². The molecule has 0 radical (unpaired) electrons. The minimum Gasteiger partial charge on any atom is -0.352 e. The fraction of sp³-hybridized carbons (Fsp3) is 0.429. The first-order chi connectivity index (χ1) is 9.33. The Hall–Kier alpha value is -1.88. The summed E-state index contributed by atoms with van der Waals surface area (Å²) in [4.78, 5) is 16.3. The highest BCUT2D eigenvalue weighted by atomic mass is 16.1. The molecule has 1 amide bonds. The van der Waals surface area contributed by atoms with E-state index in [1.807, 2.05) is 28.9 Å². The maximum atomic E-state index is 12.0. The third kappa shape index (κ3) is 2.76. The summed E-state index contributed by atoms with van der Waals surface area (Å²) in [6.45, 7) is 2.46. The number of amides is 1. The number of aromatic nitrogens is 2. The zero-order chi connectivity index (χ0) is 13.1. The van der Waals surface area contributed by atoms with E-state index in [0.717, 1.165) is 37.1 Å². The van der Waals surface area contributed by atoms with Crippen molar-refractivity contribution in [2.75, 3.05) is 13.1 Å². The lowest BCUT2D eigenvalue weighted by Crippen LogP contribution is -2.37. The summed E-state index contributed by atoms with van der Waals surface area (Å²) >= 11 is 0. The predicted molar refractivity (Wildman–Crippen MR) is 72.6 cm³/mol. The van der Waals surface area contributed by atoms with Gasteiger partial charge < -0.3 is 15.0 Å². The number of fused-ring (bicyclic) bond motifs is 1. The Balaban J connectivity index is 1.60. The number of hydrogen-bond donors (Lipinski definition) is 2. The number of nitrogens with zero attached hydrogens (tertiary/aromatic N) is 2. The molecule has 0 aliphatic carbocycles. The quantitative estimate of drug-likeness (QED) is 0.862. The van der Waals surface area contributed by atoms with Crippen LogP contribution in [0.25, 0.3) is 5.65 Å². The largest absolute Gasteiger partial charge is 0.352 e. The van der Waals surface area contributed by atoms with E-state index < -0.39 is 0 Å². The van der Waals surface area contributed by atoms with E-state index in [2.05, 4.69) is 15.6 Å². The van der Waals surface area contributed by atoms with E-state index in [9.17, 15) is 4.79 Å². The summed E-state index contributed by atoms with van der Waals surface area (Å²) in [6, 6.07) is 4.01. The Morgan fingerprint density at radius 1 is 1.42 bits per heavy atom. The SMILES string of the molecule is O=C(NCc1ccn2ccnc2c1)C1CCNCC1. The van der Waals surface area contributed by atoms with Crippen molar-refractivity contribution in [3.05, 3.63) is 36.3 Å². The van der Waals surface area contributed by atoms with Crippen LogP contribution in [0.3, 0.4) is 0 Å². The van der Waals surface area contributed by atoms with Gasteiger partial charge in [-0.15, -0.1) is 0 Å². The van der Waals surface area contributed by atoms with Crippen LogP contribution in [0.4, 0.5) is 0 Å². The molecule has 0 atom stereocenters. The molecule has 2 aromatic rings. The Morgan fingerprint density at radius 3 is 3.11 bits per heavy atom. The highest BCUT2D eigenvalue weighted by Crippen LogP contribution is 2.12. The molecular formula is C14H18N4O. The lowest BCUT2D eigenvalue weighted by atomic mass is 9.97. The fourth-order valence-corrected chi connectivity index (χ4v) is 2.48. The molecule has 1 saturated heterocycles. The highest BCUT2D eigenvalue weighted by Gasteiger charge is 2.20. The van der Waals surface area contributed by atoms with E-state index >= 15 is 0 Å². The van der Waals surface area contributed by atoms with Gasteiger partial charge >= 0.3 is 0 Å². The average Bonchev–Trinajstić information content (AvgIpc) is 2.93. The number of imidazole rings is 1. The second-order valence-electron chi connectivity index (χ2n) is 4.97. The second kappa shape index (κ2) is 5.40. The number of carbonyl (C=O) groups is 1. The third-order valence-electron chi connectivity index (χ3n) is 3.64. The molecule has 5 heteroatoms. The van der Waals surface area contributed by atoms with E-state index in [0.29, 0.717) is 6.54 Å². The summed E-state index contributed by atoms with van der Waals surface area (Å²) < 4.78 is 1.96. The van der Waals surface area contributed by atoms with Crippen LogP contribution >= 0.6 is 0 Å². The molecule has 1 aliphatic rings. The number of pyridine rings is 1. The van der Waals surface area contributed by atoms with Crippen LogP contribution in [-0.4, -0.2) is 28.4 Å². The van der Waals surface area contributed by atoms with Crippen LogP contribution in [0, 0.1) is 5.92 Å². The minimum atomic E-state index is 0.163. The zero-order valence-electron chi connectivity index (χ0n) is 10.8. The van der Waals surface area contributed by atoms with Crippen molar-refractivity contribution in [1.29, 1.82) is 0 Å². The van der Waals surface area contributed by atoms with Crippen molar-refractivity contribution in [2.45, 2.75) is 19.4 Å². The molecule has 0 bridgehead atoms. The van der Waals surface area contributed by atoms with Gasteiger partial charge in [-0.25, -0.2) is 4.98 Å². The van der Waals surface area contributed by atoms with Crippen LogP contribution in [0.15, 0.2) is 30.7 Å². The van der Waals surface area contributed by atoms with Gasteiger partial charge in [0.25, 0.3) is 0 Å². The Morgan fingerprint density at radius 2 is 2.26 bits per heavy atom. The molecule has 100 valence electrons. The number of carbonyl (C=O) groups excluding carboxylic acids is 1. The summed E-state index contributed by atoms with van der Waals surface area (Å²) in [5, 5.41) is 6.29. The van der Waals surface area contributed by atoms with Gasteiger partial charge in [-0.1, -0.05) is 0 Å². The first-order valence-electron chi connectivity index (χ1n) is 6.73. The Kier molecular flexibility index (Phi) is 3.46. The summed E-state index contributed by atoms with van der Waals surface area (Å²) in [7, 11) is 0. The topological polar surface area (TPSA) is 58.4 Å². The molecule has 3 heterocycles. The number of piperidine rings is 1. The van der Waals surface area contributed by atoms with Gasteiger partial charge in [-0.3, -0.25) is 4.79 Å². The van der Waals surface area contributed by atoms with E-state index in [1.165, 1.54) is 0 Å². The molecule has 0 aromatic carbocycles. The Bertz CT molecular complexity index is 572. The van der Waals surface area contributed by atoms with E-state index in [-0.39, 0.29) is 11.8 Å². The Labute approximate surface area is 112 Å². The average molecular weight is 258 g/mol. The summed E-state index contributed by atoms with van der Waals surface area (Å²) in [6.07, 6.45) is 7.52. The van der Waals surface area contributed by atoms with Crippen LogP contribution in [0.5, 0.6) is 0 Å². The van der Waals surface area contributed by atoms with Gasteiger partial charge in [0.05, 0.1) is 0 Å². The molecule has 1 fully saturated rings. The van der Waals surface area contributed by atoms with Crippen molar-refractivity contribution in [3.63, 3.8) is 0 Å². The van der Waals surface area contributed by atoms with E-state index in [1.54, 1.807) is 6.20 Å². The second-order valence-corrected chi connectivity index (χ2v) is 4.97. The van der Waals surface area contributed by atoms with Crippen molar-refractivity contribution < 1.29 is 4.79 Å². The number of hydrogen-bond acceptors (Lipinski definition) is 3. The molecule has 2 N–H and O–H groups in total. The van der Waals surface area contributed by atoms with E-state index in [4.69, 9.17) is 0 Å². The lowest BCUT2D eigenvalue weighted by molar-refractivity contribution is -0.125. The monoisotopic (exact) mass is 258 g/mol. The zero-order valence-corrected chi connectivity index (χ0v) is 10.8. The van der Waals surface area contributed by atoms with Crippen molar-refractivity contribution in [2.24, 2.45) is 5.92 Å².